The van der Waals surface area contributed by atoms with Crippen LogP contribution < -0.4 is 9.47 Å². The van der Waals surface area contributed by atoms with Crippen molar-refractivity contribution in [2.24, 2.45) is 0 Å². The number of hydrogen-bond acceptors (Lipinski definition) is 13. The van der Waals surface area contributed by atoms with Crippen LogP contribution in [0.1, 0.15) is 114 Å². The maximum Gasteiger partial charge on any atom is 0.157 e. The van der Waals surface area contributed by atoms with Crippen molar-refractivity contribution in [2.75, 3.05) is 0 Å². The molecule has 0 radical (unpaired) electrons. The van der Waals surface area contributed by atoms with Gasteiger partial charge in [0.15, 0.2) is 11.5 Å². The van der Waals surface area contributed by atoms with Crippen molar-refractivity contribution in [3.05, 3.63) is 206 Å². The second-order valence-electron chi connectivity index (χ2n) is 18.4. The van der Waals surface area contributed by atoms with E-state index in [1.54, 1.807) is 66.7 Å². The molecule has 69 heavy (non-hydrogen) atoms. The summed E-state index contributed by atoms with van der Waals surface area (Å²) in [5, 5.41) is 125. The molecule has 2 heterocycles. The van der Waals surface area contributed by atoms with Gasteiger partial charge in [-0.3, -0.25) is 0 Å². The molecule has 8 aromatic carbocycles. The number of phenolic OH excluding ortho intramolecular Hbond substituents is 11. The van der Waals surface area contributed by atoms with Crippen LogP contribution in [0, 0.1) is 0 Å². The van der Waals surface area contributed by atoms with Crippen LogP contribution in [0.15, 0.2) is 140 Å². The lowest BCUT2D eigenvalue weighted by Crippen LogP contribution is -2.26. The summed E-state index contributed by atoms with van der Waals surface area (Å²) in [5.74, 6) is -7.19. The Morgan fingerprint density at radius 1 is 0.261 bits per heavy atom. The van der Waals surface area contributed by atoms with Crippen LogP contribution in [-0.4, -0.2) is 56.2 Å². The summed E-state index contributed by atoms with van der Waals surface area (Å²) in [6.07, 6.45) is -1.81. The van der Waals surface area contributed by atoms with Crippen molar-refractivity contribution in [3.63, 3.8) is 0 Å². The summed E-state index contributed by atoms with van der Waals surface area (Å²) >= 11 is 0. The van der Waals surface area contributed by atoms with Gasteiger partial charge in [0, 0.05) is 70.2 Å². The van der Waals surface area contributed by atoms with E-state index in [4.69, 9.17) is 9.47 Å². The van der Waals surface area contributed by atoms with Gasteiger partial charge in [-0.05, 0) is 117 Å². The zero-order valence-corrected chi connectivity index (χ0v) is 36.1. The van der Waals surface area contributed by atoms with Crippen molar-refractivity contribution in [1.29, 1.82) is 0 Å². The molecule has 13 heteroatoms. The van der Waals surface area contributed by atoms with Crippen molar-refractivity contribution < 1.29 is 65.6 Å². The first-order chi connectivity index (χ1) is 33.2. The van der Waals surface area contributed by atoms with Crippen molar-refractivity contribution in [2.45, 2.75) is 47.7 Å². The van der Waals surface area contributed by atoms with Crippen LogP contribution in [0.4, 0.5) is 0 Å². The van der Waals surface area contributed by atoms with Gasteiger partial charge in [0.2, 0.25) is 0 Å². The van der Waals surface area contributed by atoms with Gasteiger partial charge in [-0.15, -0.1) is 0 Å². The molecule has 0 saturated heterocycles. The lowest BCUT2D eigenvalue weighted by atomic mass is 9.62. The van der Waals surface area contributed by atoms with Gasteiger partial charge in [0.1, 0.15) is 75.5 Å². The normalized spacial score (nSPS) is 22.5. The van der Waals surface area contributed by atoms with Gasteiger partial charge in [0.25, 0.3) is 0 Å². The Bertz CT molecular complexity index is 3400. The highest BCUT2D eigenvalue weighted by Crippen LogP contribution is 2.69. The first-order valence-electron chi connectivity index (χ1n) is 22.3. The zero-order chi connectivity index (χ0) is 47.7. The van der Waals surface area contributed by atoms with Crippen LogP contribution in [0.2, 0.25) is 0 Å². The summed E-state index contributed by atoms with van der Waals surface area (Å²) in [6.45, 7) is 0. The molecule has 0 fully saturated rings. The third kappa shape index (κ3) is 6.37. The van der Waals surface area contributed by atoms with E-state index in [9.17, 15) is 56.2 Å². The fourth-order valence-corrected chi connectivity index (χ4v) is 12.0. The number of rotatable bonds is 5. The zero-order valence-electron chi connectivity index (χ0n) is 36.1. The Labute approximate surface area is 393 Å². The maximum absolute atomic E-state index is 12.5. The Balaban J connectivity index is 1.25. The van der Waals surface area contributed by atoms with Gasteiger partial charge < -0.3 is 65.6 Å². The molecule has 11 N–H and O–H groups in total. The molecule has 8 aromatic rings. The SMILES string of the molecule is Oc1ccc(C2Oc3cc(O)cc4c3C2c2cc(O)cc(O)c2C(c2ccc(O)cc2)C4C2c3cc(O)cc4c3C(c3cc(O)cc(O)c3C2c2ccc(O)cc2)C(c2ccc(O)c(O)c2)O4)cc1. The Kier molecular flexibility index (Phi) is 9.09. The molecule has 12 rings (SSSR count). The fraction of sp³-hybridized carbons (Fsp3) is 0.143. The molecule has 2 aliphatic heterocycles. The molecule has 0 aromatic heterocycles. The average molecular weight is 923 g/mol. The number of fused-ring (bicyclic) bond motifs is 4. The predicted octanol–water partition coefficient (Wildman–Crippen LogP) is 10.1. The lowest BCUT2D eigenvalue weighted by Gasteiger charge is -2.40. The minimum atomic E-state index is -0.977. The van der Waals surface area contributed by atoms with Crippen LogP contribution in [0.25, 0.3) is 0 Å². The van der Waals surface area contributed by atoms with Crippen LogP contribution >= 0.6 is 0 Å². The molecule has 8 atom stereocenters. The van der Waals surface area contributed by atoms with E-state index >= 15 is 0 Å². The number of ether oxygens (including phenoxy) is 2. The highest BCUT2D eigenvalue weighted by atomic mass is 16.5. The topological polar surface area (TPSA) is 241 Å². The largest absolute Gasteiger partial charge is 0.508 e. The molecular formula is C56H42O13. The lowest BCUT2D eigenvalue weighted by molar-refractivity contribution is 0.220. The Morgan fingerprint density at radius 2 is 0.623 bits per heavy atom. The molecule has 0 saturated carbocycles. The molecular weight excluding hydrogens is 881 g/mol. The number of benzene rings is 8. The van der Waals surface area contributed by atoms with E-state index < -0.39 is 53.5 Å². The first-order valence-corrected chi connectivity index (χ1v) is 22.3. The minimum absolute atomic E-state index is 0.0208. The number of hydrogen-bond donors (Lipinski definition) is 11. The number of phenols is 11. The van der Waals surface area contributed by atoms with E-state index in [1.807, 2.05) is 0 Å². The monoisotopic (exact) mass is 922 g/mol. The third-order valence-electron chi connectivity index (χ3n) is 14.6. The van der Waals surface area contributed by atoms with E-state index in [-0.39, 0.29) is 63.2 Å². The molecule has 13 nitrogen and oxygen atoms in total. The van der Waals surface area contributed by atoms with Gasteiger partial charge >= 0.3 is 0 Å². The average Bonchev–Trinajstić information content (AvgIpc) is 3.81. The summed E-state index contributed by atoms with van der Waals surface area (Å²) in [6, 6.07) is 35.7. The maximum atomic E-state index is 12.5. The van der Waals surface area contributed by atoms with Crippen LogP contribution in [-0.2, 0) is 0 Å². The molecule has 4 aliphatic rings. The standard InChI is InChI=1S/C56H42O13/c57-28-8-1-24(2-9-28)45-47-35(16-31(60)20-41(47)66)53-49-37(18-33(62)22-43(49)68-55(53)26-5-12-30(59)13-6-26)51(45)52-38-19-34(63)23-44-50(38)54(56(69-44)27-7-14-39(64)40(65)15-27)36-17-32(61)21-42(67)48(36)46(52)25-3-10-29(58)11-4-25/h1-23,45-46,51-67H. The Hall–Kier alpha value is -8.84. The van der Waals surface area contributed by atoms with Crippen molar-refractivity contribution >= 4 is 0 Å². The fourth-order valence-electron chi connectivity index (χ4n) is 12.0. The minimum Gasteiger partial charge on any atom is -0.508 e. The van der Waals surface area contributed by atoms with E-state index in [2.05, 4.69) is 0 Å². The second kappa shape index (κ2) is 15.1. The van der Waals surface area contributed by atoms with Gasteiger partial charge in [-0.1, -0.05) is 42.5 Å². The molecule has 8 unspecified atom stereocenters. The quantitative estimate of drug-likeness (QED) is 0.0721. The van der Waals surface area contributed by atoms with Gasteiger partial charge in [-0.2, -0.15) is 0 Å². The van der Waals surface area contributed by atoms with Crippen LogP contribution in [0.3, 0.4) is 0 Å². The van der Waals surface area contributed by atoms with E-state index in [1.165, 1.54) is 72.8 Å². The molecule has 344 valence electrons. The van der Waals surface area contributed by atoms with Crippen LogP contribution in [0.5, 0.6) is 74.7 Å². The summed E-state index contributed by atoms with van der Waals surface area (Å²) in [7, 11) is 0. The predicted molar refractivity (Wildman–Crippen MR) is 249 cm³/mol. The molecule has 0 bridgehead atoms. The first kappa shape index (κ1) is 41.6. The number of aromatic hydroxyl groups is 11. The van der Waals surface area contributed by atoms with Gasteiger partial charge in [-0.25, -0.2) is 0 Å². The van der Waals surface area contributed by atoms with E-state index in [0.29, 0.717) is 72.5 Å². The smallest absolute Gasteiger partial charge is 0.157 e. The highest BCUT2D eigenvalue weighted by molar-refractivity contribution is 5.71. The summed E-state index contributed by atoms with van der Waals surface area (Å²) in [5.41, 5.74) is 6.04. The molecule has 2 aliphatic carbocycles. The third-order valence-corrected chi connectivity index (χ3v) is 14.6. The second-order valence-corrected chi connectivity index (χ2v) is 18.4. The molecule has 0 amide bonds. The van der Waals surface area contributed by atoms with E-state index in [0.717, 1.165) is 0 Å². The Morgan fingerprint density at radius 3 is 1.04 bits per heavy atom. The highest BCUT2D eigenvalue weighted by Gasteiger charge is 2.55. The van der Waals surface area contributed by atoms with Crippen molar-refractivity contribution in [1.82, 2.24) is 0 Å². The molecule has 0 spiro atoms. The van der Waals surface area contributed by atoms with Gasteiger partial charge in [0.05, 0.1) is 11.8 Å². The van der Waals surface area contributed by atoms with Crippen molar-refractivity contribution in [3.8, 4) is 74.7 Å². The summed E-state index contributed by atoms with van der Waals surface area (Å²) in [4.78, 5) is 0. The summed E-state index contributed by atoms with van der Waals surface area (Å²) < 4.78 is 13.6.